The lowest BCUT2D eigenvalue weighted by atomic mass is 10.1. The lowest BCUT2D eigenvalue weighted by Gasteiger charge is -2.13. The van der Waals surface area contributed by atoms with E-state index in [0.29, 0.717) is 40.9 Å². The van der Waals surface area contributed by atoms with Crippen LogP contribution in [0.3, 0.4) is 0 Å². The van der Waals surface area contributed by atoms with Gasteiger partial charge in [0.1, 0.15) is 0 Å². The fourth-order valence-electron chi connectivity index (χ4n) is 3.12. The SMILES string of the molecule is CCCCOc1cc(C=C2N=C(c3cc(OC)c(OC)c(OC)c3)OC2=O)ccc1OC. The predicted molar refractivity (Wildman–Crippen MR) is 120 cm³/mol. The number of unbranched alkanes of at least 4 members (excludes halogenated alkanes) is 1. The van der Waals surface area contributed by atoms with E-state index >= 15 is 0 Å². The number of hydrogen-bond donors (Lipinski definition) is 0. The number of carbonyl (C=O) groups is 1. The highest BCUT2D eigenvalue weighted by Gasteiger charge is 2.26. The van der Waals surface area contributed by atoms with Gasteiger partial charge in [-0.2, -0.15) is 0 Å². The second kappa shape index (κ2) is 10.6. The van der Waals surface area contributed by atoms with Gasteiger partial charge in [-0.15, -0.1) is 0 Å². The Kier molecular flexibility index (Phi) is 7.59. The van der Waals surface area contributed by atoms with Crippen LogP contribution in [-0.2, 0) is 9.53 Å². The van der Waals surface area contributed by atoms with E-state index in [4.69, 9.17) is 28.4 Å². The number of hydrogen-bond acceptors (Lipinski definition) is 8. The van der Waals surface area contributed by atoms with Gasteiger partial charge in [0.2, 0.25) is 11.6 Å². The van der Waals surface area contributed by atoms with E-state index in [1.165, 1.54) is 21.3 Å². The standard InChI is InChI=1S/C24H27NO7/c1-6-7-10-31-19-12-15(8-9-18(19)27-2)11-17-24(26)32-23(25-17)16-13-20(28-3)22(30-5)21(14-16)29-4/h8-9,11-14H,6-7,10H2,1-5H3. The molecular formula is C24H27NO7. The molecule has 0 bridgehead atoms. The Labute approximate surface area is 187 Å². The summed E-state index contributed by atoms with van der Waals surface area (Å²) in [6, 6.07) is 8.76. The molecule has 0 unspecified atom stereocenters. The molecule has 0 radical (unpaired) electrons. The molecule has 1 heterocycles. The molecule has 32 heavy (non-hydrogen) atoms. The summed E-state index contributed by atoms with van der Waals surface area (Å²) in [5, 5.41) is 0. The minimum Gasteiger partial charge on any atom is -0.493 e. The van der Waals surface area contributed by atoms with E-state index in [1.54, 1.807) is 31.4 Å². The average Bonchev–Trinajstić information content (AvgIpc) is 3.18. The molecule has 170 valence electrons. The number of methoxy groups -OCH3 is 4. The van der Waals surface area contributed by atoms with E-state index in [0.717, 1.165) is 18.4 Å². The molecule has 2 aromatic rings. The molecule has 0 N–H and O–H groups in total. The molecule has 0 atom stereocenters. The topological polar surface area (TPSA) is 84.8 Å². The molecule has 1 aliphatic heterocycles. The number of ether oxygens (including phenoxy) is 6. The van der Waals surface area contributed by atoms with Crippen LogP contribution in [0.2, 0.25) is 0 Å². The average molecular weight is 441 g/mol. The van der Waals surface area contributed by atoms with Gasteiger partial charge in [-0.1, -0.05) is 19.4 Å². The summed E-state index contributed by atoms with van der Waals surface area (Å²) < 4.78 is 32.6. The Morgan fingerprint density at radius 3 is 2.19 bits per heavy atom. The van der Waals surface area contributed by atoms with Gasteiger partial charge in [0.25, 0.3) is 0 Å². The van der Waals surface area contributed by atoms with E-state index in [2.05, 4.69) is 11.9 Å². The third kappa shape index (κ3) is 4.96. The first-order chi connectivity index (χ1) is 15.5. The third-order valence-electron chi connectivity index (χ3n) is 4.78. The minimum absolute atomic E-state index is 0.147. The van der Waals surface area contributed by atoms with Gasteiger partial charge < -0.3 is 28.4 Å². The van der Waals surface area contributed by atoms with Crippen molar-refractivity contribution in [3.8, 4) is 28.7 Å². The highest BCUT2D eigenvalue weighted by molar-refractivity contribution is 6.13. The zero-order chi connectivity index (χ0) is 23.1. The Bertz CT molecular complexity index is 1020. The summed E-state index contributed by atoms with van der Waals surface area (Å²) in [4.78, 5) is 16.8. The number of nitrogens with zero attached hydrogens (tertiary/aromatic N) is 1. The van der Waals surface area contributed by atoms with Crippen LogP contribution in [0.4, 0.5) is 0 Å². The molecule has 0 saturated heterocycles. The number of carbonyl (C=O) groups excluding carboxylic acids is 1. The second-order valence-electron chi connectivity index (χ2n) is 6.86. The normalized spacial score (nSPS) is 14.1. The lowest BCUT2D eigenvalue weighted by molar-refractivity contribution is -0.129. The summed E-state index contributed by atoms with van der Waals surface area (Å²) in [7, 11) is 6.13. The van der Waals surface area contributed by atoms with E-state index in [9.17, 15) is 4.79 Å². The molecule has 1 aliphatic rings. The lowest BCUT2D eigenvalue weighted by Crippen LogP contribution is -2.07. The molecule has 0 aliphatic carbocycles. The first-order valence-corrected chi connectivity index (χ1v) is 10.2. The van der Waals surface area contributed by atoms with Crippen LogP contribution in [0.15, 0.2) is 41.0 Å². The largest absolute Gasteiger partial charge is 0.493 e. The molecule has 3 rings (SSSR count). The van der Waals surface area contributed by atoms with Crippen molar-refractivity contribution < 1.29 is 33.2 Å². The Morgan fingerprint density at radius 1 is 0.906 bits per heavy atom. The van der Waals surface area contributed by atoms with E-state index in [1.807, 2.05) is 12.1 Å². The van der Waals surface area contributed by atoms with Crippen molar-refractivity contribution in [1.29, 1.82) is 0 Å². The summed E-state index contributed by atoms with van der Waals surface area (Å²) in [5.41, 5.74) is 1.42. The fraction of sp³-hybridized carbons (Fsp3) is 0.333. The number of esters is 1. The maximum atomic E-state index is 12.5. The fourth-order valence-corrected chi connectivity index (χ4v) is 3.12. The van der Waals surface area contributed by atoms with Crippen LogP contribution in [0.5, 0.6) is 28.7 Å². The van der Waals surface area contributed by atoms with Crippen LogP contribution < -0.4 is 23.7 Å². The quantitative estimate of drug-likeness (QED) is 0.310. The summed E-state index contributed by atoms with van der Waals surface area (Å²) in [6.07, 6.45) is 3.60. The summed E-state index contributed by atoms with van der Waals surface area (Å²) in [6.45, 7) is 2.68. The maximum absolute atomic E-state index is 12.5. The smallest absolute Gasteiger partial charge is 0.363 e. The molecule has 8 heteroatoms. The van der Waals surface area contributed by atoms with Crippen LogP contribution >= 0.6 is 0 Å². The van der Waals surface area contributed by atoms with Crippen molar-refractivity contribution in [2.24, 2.45) is 4.99 Å². The predicted octanol–water partition coefficient (Wildman–Crippen LogP) is 4.24. The zero-order valence-corrected chi connectivity index (χ0v) is 18.9. The van der Waals surface area contributed by atoms with Crippen LogP contribution in [0.25, 0.3) is 6.08 Å². The van der Waals surface area contributed by atoms with Crippen molar-refractivity contribution in [2.75, 3.05) is 35.0 Å². The number of aliphatic imine (C=N–C) groups is 1. The molecular weight excluding hydrogens is 414 g/mol. The monoisotopic (exact) mass is 441 g/mol. The number of benzene rings is 2. The molecule has 0 saturated carbocycles. The van der Waals surface area contributed by atoms with Crippen LogP contribution in [0.1, 0.15) is 30.9 Å². The van der Waals surface area contributed by atoms with E-state index < -0.39 is 5.97 Å². The molecule has 2 aromatic carbocycles. The van der Waals surface area contributed by atoms with Crippen molar-refractivity contribution in [3.63, 3.8) is 0 Å². The van der Waals surface area contributed by atoms with Gasteiger partial charge in [-0.25, -0.2) is 9.79 Å². The number of rotatable bonds is 10. The molecule has 8 nitrogen and oxygen atoms in total. The van der Waals surface area contributed by atoms with Gasteiger partial charge in [-0.3, -0.25) is 0 Å². The first kappa shape index (κ1) is 23.0. The van der Waals surface area contributed by atoms with Crippen molar-refractivity contribution >= 4 is 17.9 Å². The summed E-state index contributed by atoms with van der Waals surface area (Å²) in [5.74, 6) is 2.12. The highest BCUT2D eigenvalue weighted by Crippen LogP contribution is 2.39. The second-order valence-corrected chi connectivity index (χ2v) is 6.86. The van der Waals surface area contributed by atoms with Gasteiger partial charge >= 0.3 is 5.97 Å². The minimum atomic E-state index is -0.557. The third-order valence-corrected chi connectivity index (χ3v) is 4.78. The molecule has 0 aromatic heterocycles. The van der Waals surface area contributed by atoms with Crippen LogP contribution in [0, 0.1) is 0 Å². The molecule has 0 fully saturated rings. The van der Waals surface area contributed by atoms with Gasteiger partial charge in [-0.05, 0) is 42.3 Å². The van der Waals surface area contributed by atoms with Gasteiger partial charge in [0, 0.05) is 5.56 Å². The van der Waals surface area contributed by atoms with Crippen molar-refractivity contribution in [1.82, 2.24) is 0 Å². The Morgan fingerprint density at radius 2 is 1.59 bits per heavy atom. The van der Waals surface area contributed by atoms with Crippen molar-refractivity contribution in [3.05, 3.63) is 47.2 Å². The molecule has 0 amide bonds. The zero-order valence-electron chi connectivity index (χ0n) is 18.9. The molecule has 0 spiro atoms. The van der Waals surface area contributed by atoms with E-state index in [-0.39, 0.29) is 11.6 Å². The first-order valence-electron chi connectivity index (χ1n) is 10.2. The summed E-state index contributed by atoms with van der Waals surface area (Å²) >= 11 is 0. The Balaban J connectivity index is 1.93. The van der Waals surface area contributed by atoms with Gasteiger partial charge in [0.15, 0.2) is 28.7 Å². The van der Waals surface area contributed by atoms with Gasteiger partial charge in [0.05, 0.1) is 35.0 Å². The Hall–Kier alpha value is -3.68. The van der Waals surface area contributed by atoms with Crippen LogP contribution in [-0.4, -0.2) is 46.9 Å². The number of cyclic esters (lactones) is 1. The maximum Gasteiger partial charge on any atom is 0.363 e. The van der Waals surface area contributed by atoms with Crippen molar-refractivity contribution in [2.45, 2.75) is 19.8 Å². The highest BCUT2D eigenvalue weighted by atomic mass is 16.6.